The van der Waals surface area contributed by atoms with Crippen molar-refractivity contribution in [2.45, 2.75) is 19.9 Å². The van der Waals surface area contributed by atoms with Crippen molar-refractivity contribution in [3.63, 3.8) is 0 Å². The van der Waals surface area contributed by atoms with E-state index in [-0.39, 0.29) is 5.91 Å². The number of ether oxygens (including phenoxy) is 3. The third kappa shape index (κ3) is 4.54. The highest BCUT2D eigenvalue weighted by atomic mass is 16.5. The Morgan fingerprint density at radius 1 is 0.921 bits per heavy atom. The summed E-state index contributed by atoms with van der Waals surface area (Å²) in [5, 5.41) is 11.2. The standard InChI is InChI=1S/C29H29N5O4/c1-17-9-8-10-19(15-17)27-32-29-30-18(2)25(28(35)31-22-11-6-7-12-24(22)38-5)26(34(29)33-27)21-16-20(36-3)13-14-23(21)37-4/h6-16,26H,1-5H3,(H,31,35)(H,30,32,33). The molecular formula is C29H29N5O4. The summed E-state index contributed by atoms with van der Waals surface area (Å²) in [4.78, 5) is 18.7. The summed E-state index contributed by atoms with van der Waals surface area (Å²) < 4.78 is 18.4. The lowest BCUT2D eigenvalue weighted by Crippen LogP contribution is -2.31. The van der Waals surface area contributed by atoms with Gasteiger partial charge in [0.15, 0.2) is 5.82 Å². The summed E-state index contributed by atoms with van der Waals surface area (Å²) in [6.07, 6.45) is 0. The zero-order valence-electron chi connectivity index (χ0n) is 21.9. The molecule has 1 atom stereocenters. The minimum Gasteiger partial charge on any atom is -0.497 e. The summed E-state index contributed by atoms with van der Waals surface area (Å²) >= 11 is 0. The number of hydrogen-bond donors (Lipinski definition) is 2. The van der Waals surface area contributed by atoms with Crippen molar-refractivity contribution in [1.29, 1.82) is 0 Å². The van der Waals surface area contributed by atoms with Gasteiger partial charge in [0, 0.05) is 16.8 Å². The van der Waals surface area contributed by atoms with Crippen molar-refractivity contribution >= 4 is 17.5 Å². The van der Waals surface area contributed by atoms with Crippen LogP contribution in [0.1, 0.15) is 24.1 Å². The van der Waals surface area contributed by atoms with Crippen molar-refractivity contribution in [2.75, 3.05) is 32.0 Å². The van der Waals surface area contributed by atoms with E-state index in [0.717, 1.165) is 11.1 Å². The Balaban J connectivity index is 1.67. The molecule has 0 aliphatic carbocycles. The van der Waals surface area contributed by atoms with Crippen LogP contribution < -0.4 is 24.8 Å². The number of aryl methyl sites for hydroxylation is 1. The molecule has 9 heteroatoms. The Hall–Kier alpha value is -4.79. The van der Waals surface area contributed by atoms with Crippen LogP contribution in [0, 0.1) is 6.92 Å². The van der Waals surface area contributed by atoms with Gasteiger partial charge in [-0.15, -0.1) is 5.10 Å². The number of allylic oxidation sites excluding steroid dienone is 1. The molecule has 0 bridgehead atoms. The normalized spacial score (nSPS) is 14.4. The minimum atomic E-state index is -0.655. The lowest BCUT2D eigenvalue weighted by atomic mass is 9.94. The van der Waals surface area contributed by atoms with Gasteiger partial charge >= 0.3 is 0 Å². The van der Waals surface area contributed by atoms with Gasteiger partial charge in [0.1, 0.15) is 23.3 Å². The fraction of sp³-hybridized carbons (Fsp3) is 0.207. The van der Waals surface area contributed by atoms with E-state index in [2.05, 4.69) is 10.6 Å². The first-order chi connectivity index (χ1) is 18.4. The van der Waals surface area contributed by atoms with Crippen LogP contribution in [-0.2, 0) is 4.79 Å². The Labute approximate surface area is 221 Å². The molecule has 1 amide bonds. The van der Waals surface area contributed by atoms with Crippen molar-refractivity contribution in [3.05, 3.63) is 89.1 Å². The van der Waals surface area contributed by atoms with Crippen molar-refractivity contribution in [3.8, 4) is 28.6 Å². The zero-order valence-corrected chi connectivity index (χ0v) is 21.9. The summed E-state index contributed by atoms with van der Waals surface area (Å²) in [6.45, 7) is 3.87. The summed E-state index contributed by atoms with van der Waals surface area (Å²) in [5.74, 6) is 2.52. The maximum absolute atomic E-state index is 13.9. The van der Waals surface area contributed by atoms with Crippen LogP contribution in [0.25, 0.3) is 11.4 Å². The van der Waals surface area contributed by atoms with E-state index in [1.807, 2.05) is 68.4 Å². The number of carbonyl (C=O) groups is 1. The fourth-order valence-corrected chi connectivity index (χ4v) is 4.63. The number of aromatic nitrogens is 3. The van der Waals surface area contributed by atoms with Gasteiger partial charge in [-0.2, -0.15) is 4.98 Å². The molecule has 38 heavy (non-hydrogen) atoms. The fourth-order valence-electron chi connectivity index (χ4n) is 4.63. The Bertz CT molecular complexity index is 1540. The van der Waals surface area contributed by atoms with Gasteiger partial charge < -0.3 is 24.8 Å². The molecule has 1 aliphatic rings. The van der Waals surface area contributed by atoms with Gasteiger partial charge in [-0.3, -0.25) is 4.79 Å². The van der Waals surface area contributed by atoms with E-state index in [1.54, 1.807) is 38.1 Å². The maximum atomic E-state index is 13.9. The Kier molecular flexibility index (Phi) is 6.74. The van der Waals surface area contributed by atoms with Gasteiger partial charge in [0.25, 0.3) is 5.91 Å². The van der Waals surface area contributed by atoms with Gasteiger partial charge in [0.05, 0.1) is 32.6 Å². The topological polar surface area (TPSA) is 99.5 Å². The highest BCUT2D eigenvalue weighted by Crippen LogP contribution is 2.42. The first-order valence-corrected chi connectivity index (χ1v) is 12.1. The van der Waals surface area contributed by atoms with E-state index in [4.69, 9.17) is 24.3 Å². The molecule has 2 heterocycles. The van der Waals surface area contributed by atoms with Crippen molar-refractivity contribution in [2.24, 2.45) is 0 Å². The third-order valence-corrected chi connectivity index (χ3v) is 6.46. The number of nitrogens with one attached hydrogen (secondary N) is 2. The number of fused-ring (bicyclic) bond motifs is 1. The van der Waals surface area contributed by atoms with Crippen LogP contribution in [-0.4, -0.2) is 42.0 Å². The number of methoxy groups -OCH3 is 3. The van der Waals surface area contributed by atoms with Gasteiger partial charge in [-0.1, -0.05) is 35.9 Å². The summed E-state index contributed by atoms with van der Waals surface area (Å²) in [7, 11) is 4.76. The summed E-state index contributed by atoms with van der Waals surface area (Å²) in [6, 6.07) is 20.1. The van der Waals surface area contributed by atoms with Crippen LogP contribution in [0.15, 0.2) is 78.0 Å². The van der Waals surface area contributed by atoms with E-state index < -0.39 is 6.04 Å². The zero-order chi connectivity index (χ0) is 26.8. The highest BCUT2D eigenvalue weighted by Gasteiger charge is 2.36. The smallest absolute Gasteiger partial charge is 0.255 e. The lowest BCUT2D eigenvalue weighted by molar-refractivity contribution is -0.113. The molecule has 3 aromatic carbocycles. The molecular weight excluding hydrogens is 482 g/mol. The molecule has 0 fully saturated rings. The average Bonchev–Trinajstić information content (AvgIpc) is 3.35. The highest BCUT2D eigenvalue weighted by molar-refractivity contribution is 6.06. The number of anilines is 2. The molecule has 1 unspecified atom stereocenters. The molecule has 5 rings (SSSR count). The monoisotopic (exact) mass is 511 g/mol. The number of nitrogens with zero attached hydrogens (tertiary/aromatic N) is 3. The second-order valence-corrected chi connectivity index (χ2v) is 8.90. The average molecular weight is 512 g/mol. The molecule has 0 radical (unpaired) electrons. The van der Waals surface area contributed by atoms with Gasteiger partial charge in [0.2, 0.25) is 5.95 Å². The number of benzene rings is 3. The SMILES string of the molecule is COc1ccc(OC)c(C2C(C(=O)Nc3ccccc3OC)=C(C)Nc3nc(-c4cccc(C)c4)nn32)c1. The molecule has 1 aromatic heterocycles. The van der Waals surface area contributed by atoms with Crippen LogP contribution in [0.2, 0.25) is 0 Å². The van der Waals surface area contributed by atoms with Crippen molar-refractivity contribution in [1.82, 2.24) is 14.8 Å². The minimum absolute atomic E-state index is 0.312. The molecule has 9 nitrogen and oxygen atoms in total. The molecule has 0 saturated heterocycles. The van der Waals surface area contributed by atoms with Gasteiger partial charge in [-0.05, 0) is 50.2 Å². The van der Waals surface area contributed by atoms with E-state index in [1.165, 1.54) is 0 Å². The van der Waals surface area contributed by atoms with Crippen molar-refractivity contribution < 1.29 is 19.0 Å². The molecule has 1 aliphatic heterocycles. The predicted molar refractivity (Wildman–Crippen MR) is 146 cm³/mol. The second-order valence-electron chi connectivity index (χ2n) is 8.90. The first kappa shape index (κ1) is 24.9. The van der Waals surface area contributed by atoms with E-state index in [9.17, 15) is 4.79 Å². The van der Waals surface area contributed by atoms with Crippen LogP contribution in [0.5, 0.6) is 17.2 Å². The number of rotatable bonds is 7. The molecule has 0 spiro atoms. The number of amides is 1. The maximum Gasteiger partial charge on any atom is 0.255 e. The van der Waals surface area contributed by atoms with Crippen LogP contribution in [0.3, 0.4) is 0 Å². The molecule has 2 N–H and O–H groups in total. The second kappa shape index (κ2) is 10.3. The van der Waals surface area contributed by atoms with Gasteiger partial charge in [-0.25, -0.2) is 4.68 Å². The number of hydrogen-bond acceptors (Lipinski definition) is 7. The largest absolute Gasteiger partial charge is 0.497 e. The Morgan fingerprint density at radius 3 is 2.45 bits per heavy atom. The number of carbonyl (C=O) groups excluding carboxylic acids is 1. The first-order valence-electron chi connectivity index (χ1n) is 12.1. The third-order valence-electron chi connectivity index (χ3n) is 6.46. The Morgan fingerprint density at radius 2 is 1.71 bits per heavy atom. The van der Waals surface area contributed by atoms with E-state index in [0.29, 0.717) is 51.5 Å². The molecule has 0 saturated carbocycles. The molecule has 194 valence electrons. The number of para-hydroxylation sites is 2. The van der Waals surface area contributed by atoms with Crippen LogP contribution in [0.4, 0.5) is 11.6 Å². The lowest BCUT2D eigenvalue weighted by Gasteiger charge is -2.29. The molecule has 4 aromatic rings. The quantitative estimate of drug-likeness (QED) is 0.352. The predicted octanol–water partition coefficient (Wildman–Crippen LogP) is 5.21. The van der Waals surface area contributed by atoms with Crippen LogP contribution >= 0.6 is 0 Å². The summed E-state index contributed by atoms with van der Waals surface area (Å²) in [5.41, 5.74) is 4.34. The van der Waals surface area contributed by atoms with E-state index >= 15 is 0 Å².